The quantitative estimate of drug-likeness (QED) is 0.781. The fraction of sp³-hybridized carbons (Fsp3) is 0.111. The number of rotatable bonds is 4. The number of aromatic nitrogens is 2. The minimum absolute atomic E-state index is 0.0112. The van der Waals surface area contributed by atoms with Gasteiger partial charge >= 0.3 is 6.18 Å². The Hall–Kier alpha value is -3.09. The number of para-hydroxylation sites is 1. The first-order chi connectivity index (χ1) is 11.9. The lowest BCUT2D eigenvalue weighted by molar-refractivity contribution is -0.137. The molecular weight excluding hydrogens is 331 g/mol. The molecule has 0 aliphatic rings. The molecule has 0 aliphatic heterocycles. The van der Waals surface area contributed by atoms with Crippen molar-refractivity contribution in [1.82, 2.24) is 14.9 Å². The molecule has 1 amide bonds. The van der Waals surface area contributed by atoms with Crippen molar-refractivity contribution >= 4 is 5.91 Å². The molecule has 1 heterocycles. The number of benzene rings is 2. The zero-order valence-corrected chi connectivity index (χ0v) is 13.0. The lowest BCUT2D eigenvalue weighted by Crippen LogP contribution is -2.25. The third-order valence-electron chi connectivity index (χ3n) is 3.61. The first-order valence-electron chi connectivity index (χ1n) is 7.47. The van der Waals surface area contributed by atoms with Crippen molar-refractivity contribution < 1.29 is 18.0 Å². The zero-order valence-electron chi connectivity index (χ0n) is 13.0. The van der Waals surface area contributed by atoms with Gasteiger partial charge in [0.15, 0.2) is 0 Å². The maximum Gasteiger partial charge on any atom is 0.416 e. The molecular formula is C18H14F3N3O. The average molecular weight is 345 g/mol. The maximum absolute atomic E-state index is 12.7. The Balaban J connectivity index is 1.74. The molecule has 3 aromatic rings. The van der Waals surface area contributed by atoms with Crippen molar-refractivity contribution in [1.29, 1.82) is 0 Å². The van der Waals surface area contributed by atoms with E-state index in [1.807, 2.05) is 30.3 Å². The zero-order chi connectivity index (χ0) is 17.9. The van der Waals surface area contributed by atoms with Gasteiger partial charge in [-0.05, 0) is 29.8 Å². The Kier molecular flexibility index (Phi) is 4.56. The van der Waals surface area contributed by atoms with Crippen molar-refractivity contribution in [2.75, 3.05) is 0 Å². The number of nitrogens with zero attached hydrogens (tertiary/aromatic N) is 2. The number of carbonyl (C=O) groups is 1. The summed E-state index contributed by atoms with van der Waals surface area (Å²) in [6, 6.07) is 14.0. The Morgan fingerprint density at radius 2 is 1.84 bits per heavy atom. The molecule has 0 aliphatic carbocycles. The molecule has 7 heteroatoms. The predicted molar refractivity (Wildman–Crippen MR) is 86.2 cm³/mol. The SMILES string of the molecule is O=C(NCc1cccc(C(F)(F)F)c1)c1cncn1-c1ccccc1. The number of halogens is 3. The topological polar surface area (TPSA) is 46.9 Å². The van der Waals surface area contributed by atoms with E-state index in [9.17, 15) is 18.0 Å². The lowest BCUT2D eigenvalue weighted by atomic mass is 10.1. The van der Waals surface area contributed by atoms with Crippen LogP contribution in [-0.2, 0) is 12.7 Å². The second-order valence-electron chi connectivity index (χ2n) is 5.37. The van der Waals surface area contributed by atoms with Gasteiger partial charge in [0.2, 0.25) is 0 Å². The number of nitrogens with one attached hydrogen (secondary N) is 1. The van der Waals surface area contributed by atoms with Gasteiger partial charge in [0.05, 0.1) is 18.1 Å². The Morgan fingerprint density at radius 1 is 1.08 bits per heavy atom. The van der Waals surface area contributed by atoms with Crippen LogP contribution in [0.1, 0.15) is 21.6 Å². The Bertz CT molecular complexity index is 873. The van der Waals surface area contributed by atoms with E-state index in [-0.39, 0.29) is 6.54 Å². The smallest absolute Gasteiger partial charge is 0.347 e. The van der Waals surface area contributed by atoms with Crippen LogP contribution in [0.2, 0.25) is 0 Å². The standard InChI is InChI=1S/C18H14F3N3O/c19-18(20,21)14-6-4-5-13(9-14)10-23-17(25)16-11-22-12-24(16)15-7-2-1-3-8-15/h1-9,11-12H,10H2,(H,23,25). The summed E-state index contributed by atoms with van der Waals surface area (Å²) in [5.74, 6) is -0.418. The van der Waals surface area contributed by atoms with Gasteiger partial charge < -0.3 is 5.32 Å². The van der Waals surface area contributed by atoms with Crippen LogP contribution in [0.25, 0.3) is 5.69 Å². The van der Waals surface area contributed by atoms with Gasteiger partial charge in [-0.25, -0.2) is 4.98 Å². The summed E-state index contributed by atoms with van der Waals surface area (Å²) < 4.78 is 39.8. The van der Waals surface area contributed by atoms with Crippen LogP contribution in [0.5, 0.6) is 0 Å². The normalized spacial score (nSPS) is 11.3. The summed E-state index contributed by atoms with van der Waals surface area (Å²) >= 11 is 0. The number of imidazole rings is 1. The first kappa shape index (κ1) is 16.8. The minimum atomic E-state index is -4.41. The molecule has 4 nitrogen and oxygen atoms in total. The number of hydrogen-bond donors (Lipinski definition) is 1. The van der Waals surface area contributed by atoms with Gasteiger partial charge in [-0.15, -0.1) is 0 Å². The third-order valence-corrected chi connectivity index (χ3v) is 3.61. The molecule has 128 valence electrons. The number of hydrogen-bond acceptors (Lipinski definition) is 2. The minimum Gasteiger partial charge on any atom is -0.347 e. The summed E-state index contributed by atoms with van der Waals surface area (Å²) in [5, 5.41) is 2.62. The van der Waals surface area contributed by atoms with Gasteiger partial charge in [-0.3, -0.25) is 9.36 Å². The van der Waals surface area contributed by atoms with Gasteiger partial charge in [-0.1, -0.05) is 30.3 Å². The van der Waals surface area contributed by atoms with E-state index < -0.39 is 17.6 Å². The lowest BCUT2D eigenvalue weighted by Gasteiger charge is -2.11. The summed E-state index contributed by atoms with van der Waals surface area (Å²) in [6.45, 7) is -0.0112. The van der Waals surface area contributed by atoms with E-state index in [0.29, 0.717) is 11.3 Å². The van der Waals surface area contributed by atoms with E-state index in [1.54, 1.807) is 4.57 Å². The molecule has 0 saturated heterocycles. The maximum atomic E-state index is 12.7. The number of amides is 1. The van der Waals surface area contributed by atoms with Crippen LogP contribution in [0.4, 0.5) is 13.2 Å². The molecule has 0 spiro atoms. The monoisotopic (exact) mass is 345 g/mol. The highest BCUT2D eigenvalue weighted by Gasteiger charge is 2.30. The predicted octanol–water partition coefficient (Wildman–Crippen LogP) is 3.82. The third kappa shape index (κ3) is 3.88. The first-order valence-corrected chi connectivity index (χ1v) is 7.47. The summed E-state index contributed by atoms with van der Waals surface area (Å²) in [7, 11) is 0. The highest BCUT2D eigenvalue weighted by Crippen LogP contribution is 2.29. The van der Waals surface area contributed by atoms with Gasteiger partial charge in [0, 0.05) is 12.2 Å². The molecule has 3 rings (SSSR count). The summed E-state index contributed by atoms with van der Waals surface area (Å²) in [6.07, 6.45) is -1.49. The van der Waals surface area contributed by atoms with Crippen molar-refractivity contribution in [2.24, 2.45) is 0 Å². The van der Waals surface area contributed by atoms with E-state index >= 15 is 0 Å². The molecule has 0 bridgehead atoms. The fourth-order valence-electron chi connectivity index (χ4n) is 2.39. The molecule has 0 fully saturated rings. The molecule has 0 atom stereocenters. The van der Waals surface area contributed by atoms with E-state index in [4.69, 9.17) is 0 Å². The molecule has 1 N–H and O–H groups in total. The summed E-state index contributed by atoms with van der Waals surface area (Å²) in [5.41, 5.74) is 0.699. The fourth-order valence-corrected chi connectivity index (χ4v) is 2.39. The van der Waals surface area contributed by atoms with Crippen molar-refractivity contribution in [3.05, 3.63) is 83.9 Å². The van der Waals surface area contributed by atoms with Crippen molar-refractivity contribution in [3.63, 3.8) is 0 Å². The van der Waals surface area contributed by atoms with Gasteiger partial charge in [0.25, 0.3) is 5.91 Å². The highest BCUT2D eigenvalue weighted by atomic mass is 19.4. The van der Waals surface area contributed by atoms with E-state index in [1.165, 1.54) is 24.7 Å². The van der Waals surface area contributed by atoms with Crippen molar-refractivity contribution in [2.45, 2.75) is 12.7 Å². The molecule has 25 heavy (non-hydrogen) atoms. The Labute approximate surface area is 141 Å². The summed E-state index contributed by atoms with van der Waals surface area (Å²) in [4.78, 5) is 16.3. The number of alkyl halides is 3. The second kappa shape index (κ2) is 6.80. The second-order valence-corrected chi connectivity index (χ2v) is 5.37. The van der Waals surface area contributed by atoms with Crippen LogP contribution in [0, 0.1) is 0 Å². The van der Waals surface area contributed by atoms with Crippen LogP contribution in [0.15, 0.2) is 67.1 Å². The van der Waals surface area contributed by atoms with Crippen LogP contribution >= 0.6 is 0 Å². The van der Waals surface area contributed by atoms with Crippen LogP contribution in [-0.4, -0.2) is 15.5 Å². The van der Waals surface area contributed by atoms with Crippen molar-refractivity contribution in [3.8, 4) is 5.69 Å². The van der Waals surface area contributed by atoms with Gasteiger partial charge in [0.1, 0.15) is 5.69 Å². The molecule has 0 unspecified atom stereocenters. The molecule has 2 aromatic carbocycles. The molecule has 0 radical (unpaired) electrons. The van der Waals surface area contributed by atoms with E-state index in [2.05, 4.69) is 10.3 Å². The average Bonchev–Trinajstić information content (AvgIpc) is 3.10. The van der Waals surface area contributed by atoms with Crippen LogP contribution in [0.3, 0.4) is 0 Å². The largest absolute Gasteiger partial charge is 0.416 e. The highest BCUT2D eigenvalue weighted by molar-refractivity contribution is 5.92. The molecule has 0 saturated carbocycles. The van der Waals surface area contributed by atoms with E-state index in [0.717, 1.165) is 17.8 Å². The Morgan fingerprint density at radius 3 is 2.56 bits per heavy atom. The van der Waals surface area contributed by atoms with Crippen LogP contribution < -0.4 is 5.32 Å². The number of carbonyl (C=O) groups excluding carboxylic acids is 1. The molecule has 1 aromatic heterocycles. The van der Waals surface area contributed by atoms with Gasteiger partial charge in [-0.2, -0.15) is 13.2 Å².